The lowest BCUT2D eigenvalue weighted by atomic mass is 10.1. The van der Waals surface area contributed by atoms with Crippen molar-refractivity contribution >= 4 is 17.7 Å². The van der Waals surface area contributed by atoms with Gasteiger partial charge in [0.1, 0.15) is 5.60 Å². The van der Waals surface area contributed by atoms with E-state index in [4.69, 9.17) is 4.74 Å². The molecule has 1 unspecified atom stereocenters. The van der Waals surface area contributed by atoms with Crippen LogP contribution in [0.15, 0.2) is 24.3 Å². The van der Waals surface area contributed by atoms with Gasteiger partial charge in [0.2, 0.25) is 0 Å². The highest BCUT2D eigenvalue weighted by atomic mass is 16.6. The van der Waals surface area contributed by atoms with Crippen LogP contribution in [0.2, 0.25) is 0 Å². The lowest BCUT2D eigenvalue weighted by Crippen LogP contribution is -2.56. The largest absolute Gasteiger partial charge is 0.444 e. The fourth-order valence-corrected chi connectivity index (χ4v) is 2.64. The Balaban J connectivity index is 2.02. The summed E-state index contributed by atoms with van der Waals surface area (Å²) in [5.41, 5.74) is -0.228. The Bertz CT molecular complexity index is 666. The summed E-state index contributed by atoms with van der Waals surface area (Å²) in [5.74, 6) is -0.203. The van der Waals surface area contributed by atoms with E-state index in [0.29, 0.717) is 25.2 Å². The monoisotopic (exact) mass is 349 g/mol. The van der Waals surface area contributed by atoms with Gasteiger partial charge in [-0.25, -0.2) is 4.79 Å². The molecule has 0 aromatic heterocycles. The number of hydrogen-bond acceptors (Lipinski definition) is 5. The van der Waals surface area contributed by atoms with E-state index >= 15 is 0 Å². The van der Waals surface area contributed by atoms with Gasteiger partial charge < -0.3 is 14.5 Å². The number of ether oxygens (including phenoxy) is 1. The fraction of sp³-hybridized carbons (Fsp3) is 0.529. The molecular weight excluding hydrogens is 326 g/mol. The first-order valence-corrected chi connectivity index (χ1v) is 8.12. The lowest BCUT2D eigenvalue weighted by molar-refractivity contribution is -0.384. The minimum absolute atomic E-state index is 0.0562. The molecule has 0 N–H and O–H groups in total. The molecule has 1 fully saturated rings. The Kier molecular flexibility index (Phi) is 5.30. The SMILES string of the molecule is CC1CN(C(=O)OC(C)(C)C)CCN1C(=O)c1ccc([N+](=O)[O-])cc1. The number of amides is 2. The number of carbonyl (C=O) groups is 2. The van der Waals surface area contributed by atoms with Gasteiger partial charge in [-0.15, -0.1) is 0 Å². The van der Waals surface area contributed by atoms with Crippen LogP contribution in [0.4, 0.5) is 10.5 Å². The van der Waals surface area contributed by atoms with Crippen LogP contribution in [0.3, 0.4) is 0 Å². The second-order valence-corrected chi connectivity index (χ2v) is 7.08. The quantitative estimate of drug-likeness (QED) is 0.604. The number of rotatable bonds is 2. The molecule has 0 spiro atoms. The molecule has 8 nitrogen and oxygen atoms in total. The third kappa shape index (κ3) is 4.68. The second kappa shape index (κ2) is 7.08. The smallest absolute Gasteiger partial charge is 0.410 e. The zero-order chi connectivity index (χ0) is 18.8. The average Bonchev–Trinajstić information content (AvgIpc) is 2.52. The van der Waals surface area contributed by atoms with E-state index in [2.05, 4.69) is 0 Å². The van der Waals surface area contributed by atoms with E-state index in [1.807, 2.05) is 27.7 Å². The molecule has 0 bridgehead atoms. The summed E-state index contributed by atoms with van der Waals surface area (Å²) in [6.07, 6.45) is -0.387. The topological polar surface area (TPSA) is 93.0 Å². The van der Waals surface area contributed by atoms with E-state index in [1.165, 1.54) is 24.3 Å². The predicted molar refractivity (Wildman–Crippen MR) is 91.4 cm³/mol. The number of hydrogen-bond donors (Lipinski definition) is 0. The second-order valence-electron chi connectivity index (χ2n) is 7.08. The number of nitrogens with zero attached hydrogens (tertiary/aromatic N) is 3. The Hall–Kier alpha value is -2.64. The van der Waals surface area contributed by atoms with Crippen molar-refractivity contribution in [3.63, 3.8) is 0 Å². The van der Waals surface area contributed by atoms with Crippen LogP contribution < -0.4 is 0 Å². The summed E-state index contributed by atoms with van der Waals surface area (Å²) in [6, 6.07) is 5.36. The molecule has 0 aliphatic carbocycles. The zero-order valence-corrected chi connectivity index (χ0v) is 14.9. The van der Waals surface area contributed by atoms with Crippen LogP contribution in [0, 0.1) is 10.1 Å². The molecular formula is C17H23N3O5. The Morgan fingerprint density at radius 3 is 2.28 bits per heavy atom. The molecule has 0 saturated carbocycles. The van der Waals surface area contributed by atoms with Gasteiger partial charge in [0.05, 0.1) is 4.92 Å². The number of piperazine rings is 1. The van der Waals surface area contributed by atoms with E-state index in [-0.39, 0.29) is 23.7 Å². The summed E-state index contributed by atoms with van der Waals surface area (Å²) < 4.78 is 5.36. The van der Waals surface area contributed by atoms with Crippen molar-refractivity contribution in [3.8, 4) is 0 Å². The number of carbonyl (C=O) groups excluding carboxylic acids is 2. The van der Waals surface area contributed by atoms with Gasteiger partial charge in [-0.3, -0.25) is 14.9 Å². The van der Waals surface area contributed by atoms with Gasteiger partial charge in [0.25, 0.3) is 11.6 Å². The molecule has 25 heavy (non-hydrogen) atoms. The first-order chi connectivity index (χ1) is 11.6. The first-order valence-electron chi connectivity index (χ1n) is 8.12. The summed E-state index contributed by atoms with van der Waals surface area (Å²) in [5, 5.41) is 10.7. The summed E-state index contributed by atoms with van der Waals surface area (Å²) >= 11 is 0. The minimum atomic E-state index is -0.563. The van der Waals surface area contributed by atoms with E-state index in [0.717, 1.165) is 0 Å². The number of benzene rings is 1. The highest BCUT2D eigenvalue weighted by molar-refractivity contribution is 5.94. The predicted octanol–water partition coefficient (Wildman–Crippen LogP) is 2.68. The van der Waals surface area contributed by atoms with Crippen molar-refractivity contribution in [1.29, 1.82) is 0 Å². The van der Waals surface area contributed by atoms with Gasteiger partial charge in [-0.05, 0) is 39.8 Å². The number of nitro benzene ring substituents is 1. The molecule has 2 amide bonds. The van der Waals surface area contributed by atoms with Crippen molar-refractivity contribution in [1.82, 2.24) is 9.80 Å². The molecule has 136 valence electrons. The summed E-state index contributed by atoms with van der Waals surface area (Å²) in [4.78, 5) is 38.2. The number of nitro groups is 1. The van der Waals surface area contributed by atoms with E-state index < -0.39 is 10.5 Å². The van der Waals surface area contributed by atoms with Crippen LogP contribution in [-0.2, 0) is 4.74 Å². The lowest BCUT2D eigenvalue weighted by Gasteiger charge is -2.40. The molecule has 1 aliphatic rings. The molecule has 1 atom stereocenters. The molecule has 1 aromatic carbocycles. The van der Waals surface area contributed by atoms with Gasteiger partial charge >= 0.3 is 6.09 Å². The van der Waals surface area contributed by atoms with Crippen molar-refractivity contribution < 1.29 is 19.2 Å². The molecule has 1 aliphatic heterocycles. The third-order valence-electron chi connectivity index (χ3n) is 3.87. The Morgan fingerprint density at radius 1 is 1.20 bits per heavy atom. The van der Waals surface area contributed by atoms with Crippen molar-refractivity contribution in [2.24, 2.45) is 0 Å². The van der Waals surface area contributed by atoms with Crippen LogP contribution in [0.5, 0.6) is 0 Å². The maximum Gasteiger partial charge on any atom is 0.410 e. The molecule has 1 saturated heterocycles. The van der Waals surface area contributed by atoms with Crippen molar-refractivity contribution in [3.05, 3.63) is 39.9 Å². The normalized spacial score (nSPS) is 18.0. The molecule has 0 radical (unpaired) electrons. The van der Waals surface area contributed by atoms with Crippen molar-refractivity contribution in [2.75, 3.05) is 19.6 Å². The first kappa shape index (κ1) is 18.7. The van der Waals surface area contributed by atoms with Crippen LogP contribution in [0.25, 0.3) is 0 Å². The Labute approximate surface area is 146 Å². The van der Waals surface area contributed by atoms with Gasteiger partial charge in [-0.2, -0.15) is 0 Å². The molecule has 1 heterocycles. The summed E-state index contributed by atoms with van der Waals surface area (Å²) in [7, 11) is 0. The van der Waals surface area contributed by atoms with Gasteiger partial charge in [-0.1, -0.05) is 0 Å². The Morgan fingerprint density at radius 2 is 1.80 bits per heavy atom. The average molecular weight is 349 g/mol. The van der Waals surface area contributed by atoms with E-state index in [9.17, 15) is 19.7 Å². The van der Waals surface area contributed by atoms with Crippen LogP contribution in [0.1, 0.15) is 38.1 Å². The highest BCUT2D eigenvalue weighted by Gasteiger charge is 2.32. The minimum Gasteiger partial charge on any atom is -0.444 e. The zero-order valence-electron chi connectivity index (χ0n) is 14.9. The summed E-state index contributed by atoms with van der Waals surface area (Å²) in [6.45, 7) is 8.44. The van der Waals surface area contributed by atoms with Crippen LogP contribution in [-0.4, -0.2) is 58.0 Å². The molecule has 8 heteroatoms. The number of non-ortho nitro benzene ring substituents is 1. The van der Waals surface area contributed by atoms with Crippen molar-refractivity contribution in [2.45, 2.75) is 39.3 Å². The van der Waals surface area contributed by atoms with Gasteiger partial charge in [0.15, 0.2) is 0 Å². The standard InChI is InChI=1S/C17H23N3O5/c1-12-11-18(16(22)25-17(2,3)4)9-10-19(12)15(21)13-5-7-14(8-6-13)20(23)24/h5-8,12H,9-11H2,1-4H3. The van der Waals surface area contributed by atoms with Gasteiger partial charge in [0, 0.05) is 43.4 Å². The van der Waals surface area contributed by atoms with E-state index in [1.54, 1.807) is 9.80 Å². The fourth-order valence-electron chi connectivity index (χ4n) is 2.64. The maximum atomic E-state index is 12.6. The maximum absolute atomic E-state index is 12.6. The van der Waals surface area contributed by atoms with Crippen LogP contribution >= 0.6 is 0 Å². The molecule has 2 rings (SSSR count). The highest BCUT2D eigenvalue weighted by Crippen LogP contribution is 2.19. The third-order valence-corrected chi connectivity index (χ3v) is 3.87. The molecule has 1 aromatic rings.